The lowest BCUT2D eigenvalue weighted by Crippen LogP contribution is -2.43. The van der Waals surface area contributed by atoms with Crippen molar-refractivity contribution >= 4 is 0 Å². The third-order valence-corrected chi connectivity index (χ3v) is 6.03. The molecule has 1 aromatic rings. The minimum absolute atomic E-state index is 0.889. The topological polar surface area (TPSA) is 28.6 Å². The predicted octanol–water partition coefficient (Wildman–Crippen LogP) is 2.26. The molecule has 0 amide bonds. The summed E-state index contributed by atoms with van der Waals surface area (Å²) in [6.45, 7) is 8.98. The number of morpholine rings is 1. The average Bonchev–Trinajstić information content (AvgIpc) is 3.00. The number of hydrogen-bond donors (Lipinski definition) is 0. The molecule has 0 unspecified atom stereocenters. The molecule has 3 atom stereocenters. The van der Waals surface area contributed by atoms with Crippen molar-refractivity contribution in [3.8, 4) is 0 Å². The van der Waals surface area contributed by atoms with Crippen LogP contribution in [-0.2, 0) is 11.3 Å². The standard InChI is InChI=1S/C19H29N3O/c1-2-7-20-18(6-1)14-22-13-17-5-3-4-16(19(17)15-22)12-21-8-10-23-11-9-21/h1-2,6-7,16-17,19H,3-5,8-15H2/t16-,17+,19-/m1/s1. The zero-order valence-corrected chi connectivity index (χ0v) is 14.1. The summed E-state index contributed by atoms with van der Waals surface area (Å²) in [4.78, 5) is 9.79. The van der Waals surface area contributed by atoms with Gasteiger partial charge in [0.2, 0.25) is 0 Å². The first-order valence-electron chi connectivity index (χ1n) is 9.31. The summed E-state index contributed by atoms with van der Waals surface area (Å²) in [5.74, 6) is 2.70. The van der Waals surface area contributed by atoms with Gasteiger partial charge in [0.1, 0.15) is 0 Å². The van der Waals surface area contributed by atoms with E-state index in [9.17, 15) is 0 Å². The van der Waals surface area contributed by atoms with E-state index >= 15 is 0 Å². The maximum atomic E-state index is 5.50. The molecule has 1 aromatic heterocycles. The summed E-state index contributed by atoms with van der Waals surface area (Å²) < 4.78 is 5.50. The predicted molar refractivity (Wildman–Crippen MR) is 91.1 cm³/mol. The summed E-state index contributed by atoms with van der Waals surface area (Å²) in [6.07, 6.45) is 6.20. The summed E-state index contributed by atoms with van der Waals surface area (Å²) >= 11 is 0. The zero-order valence-electron chi connectivity index (χ0n) is 14.1. The molecule has 126 valence electrons. The van der Waals surface area contributed by atoms with Crippen LogP contribution >= 0.6 is 0 Å². The van der Waals surface area contributed by atoms with E-state index < -0.39 is 0 Å². The first-order valence-corrected chi connectivity index (χ1v) is 9.31. The number of pyridine rings is 1. The lowest BCUT2D eigenvalue weighted by atomic mass is 9.73. The van der Waals surface area contributed by atoms with Crippen molar-refractivity contribution in [1.82, 2.24) is 14.8 Å². The van der Waals surface area contributed by atoms with Crippen molar-refractivity contribution in [2.24, 2.45) is 17.8 Å². The molecule has 1 aliphatic carbocycles. The molecule has 3 heterocycles. The van der Waals surface area contributed by atoms with Crippen LogP contribution in [0, 0.1) is 17.8 Å². The van der Waals surface area contributed by atoms with Crippen LogP contribution in [0.5, 0.6) is 0 Å². The molecule has 2 aliphatic heterocycles. The zero-order chi connectivity index (χ0) is 15.5. The minimum atomic E-state index is 0.889. The summed E-state index contributed by atoms with van der Waals surface area (Å²) in [5.41, 5.74) is 1.22. The average molecular weight is 315 g/mol. The van der Waals surface area contributed by atoms with Crippen LogP contribution < -0.4 is 0 Å². The number of aromatic nitrogens is 1. The Morgan fingerprint density at radius 2 is 2.00 bits per heavy atom. The van der Waals surface area contributed by atoms with Crippen LogP contribution in [-0.4, -0.2) is 60.7 Å². The smallest absolute Gasteiger partial charge is 0.0594 e. The molecule has 0 spiro atoms. The molecule has 0 bridgehead atoms. The molecule has 4 nitrogen and oxygen atoms in total. The second-order valence-electron chi connectivity index (χ2n) is 7.54. The Labute approximate surface area is 139 Å². The molecule has 1 saturated carbocycles. The van der Waals surface area contributed by atoms with Gasteiger partial charge >= 0.3 is 0 Å². The maximum absolute atomic E-state index is 5.50. The van der Waals surface area contributed by atoms with E-state index in [0.717, 1.165) is 50.6 Å². The van der Waals surface area contributed by atoms with Crippen LogP contribution in [0.15, 0.2) is 24.4 Å². The second-order valence-corrected chi connectivity index (χ2v) is 7.54. The van der Waals surface area contributed by atoms with E-state index in [1.165, 1.54) is 44.6 Å². The van der Waals surface area contributed by atoms with E-state index in [1.54, 1.807) is 0 Å². The highest BCUT2D eigenvalue weighted by Gasteiger charge is 2.40. The molecule has 4 heteroatoms. The third-order valence-electron chi connectivity index (χ3n) is 6.03. The molecule has 3 fully saturated rings. The minimum Gasteiger partial charge on any atom is -0.379 e. The van der Waals surface area contributed by atoms with Crippen molar-refractivity contribution in [3.05, 3.63) is 30.1 Å². The monoisotopic (exact) mass is 315 g/mol. The molecular formula is C19H29N3O. The van der Waals surface area contributed by atoms with Gasteiger partial charge in [-0.15, -0.1) is 0 Å². The molecule has 0 aromatic carbocycles. The fraction of sp³-hybridized carbons (Fsp3) is 0.737. The van der Waals surface area contributed by atoms with Gasteiger partial charge in [0.05, 0.1) is 18.9 Å². The number of likely N-dealkylation sites (tertiary alicyclic amines) is 1. The molecule has 0 radical (unpaired) electrons. The molecule has 23 heavy (non-hydrogen) atoms. The van der Waals surface area contributed by atoms with Gasteiger partial charge in [-0.1, -0.05) is 12.5 Å². The van der Waals surface area contributed by atoms with E-state index in [2.05, 4.69) is 26.9 Å². The lowest BCUT2D eigenvalue weighted by Gasteiger charge is -2.37. The van der Waals surface area contributed by atoms with Gasteiger partial charge in [-0.25, -0.2) is 0 Å². The Bertz CT molecular complexity index is 489. The number of nitrogens with zero attached hydrogens (tertiary/aromatic N) is 3. The fourth-order valence-corrected chi connectivity index (χ4v) is 4.88. The van der Waals surface area contributed by atoms with Gasteiger partial charge < -0.3 is 4.74 Å². The molecular weight excluding hydrogens is 286 g/mol. The van der Waals surface area contributed by atoms with Crippen LogP contribution in [0.3, 0.4) is 0 Å². The highest BCUT2D eigenvalue weighted by Crippen LogP contribution is 2.40. The molecule has 3 aliphatic rings. The molecule has 0 N–H and O–H groups in total. The number of fused-ring (bicyclic) bond motifs is 1. The van der Waals surface area contributed by atoms with Gasteiger partial charge in [0.15, 0.2) is 0 Å². The van der Waals surface area contributed by atoms with E-state index in [1.807, 2.05) is 12.3 Å². The Morgan fingerprint density at radius 1 is 1.09 bits per heavy atom. The van der Waals surface area contributed by atoms with E-state index in [4.69, 9.17) is 4.74 Å². The van der Waals surface area contributed by atoms with Gasteiger partial charge in [0.25, 0.3) is 0 Å². The molecule has 4 rings (SSSR count). The number of rotatable bonds is 4. The summed E-state index contributed by atoms with van der Waals surface area (Å²) in [7, 11) is 0. The van der Waals surface area contributed by atoms with Gasteiger partial charge in [-0.3, -0.25) is 14.8 Å². The molecule has 2 saturated heterocycles. The number of ether oxygens (including phenoxy) is 1. The summed E-state index contributed by atoms with van der Waals surface area (Å²) in [6, 6.07) is 6.27. The maximum Gasteiger partial charge on any atom is 0.0594 e. The van der Waals surface area contributed by atoms with Crippen molar-refractivity contribution < 1.29 is 4.74 Å². The van der Waals surface area contributed by atoms with Crippen LogP contribution in [0.4, 0.5) is 0 Å². The van der Waals surface area contributed by atoms with Crippen molar-refractivity contribution in [2.75, 3.05) is 45.9 Å². The number of hydrogen-bond acceptors (Lipinski definition) is 4. The van der Waals surface area contributed by atoms with Crippen molar-refractivity contribution in [1.29, 1.82) is 0 Å². The highest BCUT2D eigenvalue weighted by atomic mass is 16.5. The van der Waals surface area contributed by atoms with Crippen LogP contribution in [0.25, 0.3) is 0 Å². The Balaban J connectivity index is 1.36. The van der Waals surface area contributed by atoms with Crippen LogP contribution in [0.1, 0.15) is 25.0 Å². The van der Waals surface area contributed by atoms with Crippen molar-refractivity contribution in [3.63, 3.8) is 0 Å². The Hall–Kier alpha value is -0.970. The van der Waals surface area contributed by atoms with Crippen LogP contribution in [0.2, 0.25) is 0 Å². The van der Waals surface area contributed by atoms with Gasteiger partial charge in [-0.05, 0) is 42.7 Å². The van der Waals surface area contributed by atoms with Gasteiger partial charge in [0, 0.05) is 45.5 Å². The first-order chi connectivity index (χ1) is 11.4. The van der Waals surface area contributed by atoms with E-state index in [0.29, 0.717) is 0 Å². The quantitative estimate of drug-likeness (QED) is 0.852. The second kappa shape index (κ2) is 7.29. The fourth-order valence-electron chi connectivity index (χ4n) is 4.88. The normalized spacial score (nSPS) is 32.8. The van der Waals surface area contributed by atoms with Crippen molar-refractivity contribution in [2.45, 2.75) is 25.8 Å². The summed E-state index contributed by atoms with van der Waals surface area (Å²) in [5, 5.41) is 0. The highest BCUT2D eigenvalue weighted by molar-refractivity contribution is 5.04. The SMILES string of the molecule is c1ccc(CN2C[C@@H]3CCC[C@H](CN4CCOCC4)[C@H]3C2)nc1. The van der Waals surface area contributed by atoms with E-state index in [-0.39, 0.29) is 0 Å². The Kier molecular flexibility index (Phi) is 4.93. The Morgan fingerprint density at radius 3 is 2.83 bits per heavy atom. The van der Waals surface area contributed by atoms with Gasteiger partial charge in [-0.2, -0.15) is 0 Å². The first kappa shape index (κ1) is 15.6. The lowest BCUT2D eigenvalue weighted by molar-refractivity contribution is 0.0192. The third kappa shape index (κ3) is 3.76. The largest absolute Gasteiger partial charge is 0.379 e.